The number of aliphatic hydroxyl groups excluding tert-OH is 1. The average molecular weight is 269 g/mol. The van der Waals surface area contributed by atoms with Crippen LogP contribution in [-0.4, -0.2) is 35.2 Å². The summed E-state index contributed by atoms with van der Waals surface area (Å²) in [5.41, 5.74) is 0.603. The van der Waals surface area contributed by atoms with Gasteiger partial charge in [-0.1, -0.05) is 23.7 Å². The lowest BCUT2D eigenvalue weighted by molar-refractivity contribution is 0.127. The third-order valence-corrected chi connectivity index (χ3v) is 3.56. The van der Waals surface area contributed by atoms with E-state index < -0.39 is 0 Å². The number of halogens is 1. The molecule has 1 aromatic rings. The molecule has 18 heavy (non-hydrogen) atoms. The first-order valence-corrected chi connectivity index (χ1v) is 6.53. The standard InChI is InChI=1S/C13H17ClN2O2/c14-11-6-1-2-7-12(11)15-13(18)16(8-9-17)10-4-3-5-10/h1-2,6-7,10,17H,3-5,8-9H2,(H,15,18). The number of urea groups is 1. The van der Waals surface area contributed by atoms with Gasteiger partial charge in [-0.3, -0.25) is 0 Å². The van der Waals surface area contributed by atoms with Gasteiger partial charge >= 0.3 is 6.03 Å². The van der Waals surface area contributed by atoms with Gasteiger partial charge in [0.2, 0.25) is 0 Å². The minimum Gasteiger partial charge on any atom is -0.395 e. The Hall–Kier alpha value is -1.26. The molecule has 2 rings (SSSR count). The number of amides is 2. The smallest absolute Gasteiger partial charge is 0.322 e. The zero-order chi connectivity index (χ0) is 13.0. The fourth-order valence-corrected chi connectivity index (χ4v) is 2.19. The highest BCUT2D eigenvalue weighted by atomic mass is 35.5. The highest BCUT2D eigenvalue weighted by Crippen LogP contribution is 2.26. The molecule has 0 atom stereocenters. The van der Waals surface area contributed by atoms with Gasteiger partial charge in [0, 0.05) is 12.6 Å². The molecule has 4 nitrogen and oxygen atoms in total. The molecular weight excluding hydrogens is 252 g/mol. The number of anilines is 1. The molecule has 0 saturated heterocycles. The van der Waals surface area contributed by atoms with Gasteiger partial charge in [-0.25, -0.2) is 4.79 Å². The van der Waals surface area contributed by atoms with Gasteiger partial charge < -0.3 is 15.3 Å². The SMILES string of the molecule is O=C(Nc1ccccc1Cl)N(CCO)C1CCC1. The predicted octanol–water partition coefficient (Wildman–Crippen LogP) is 2.72. The fraction of sp³-hybridized carbons (Fsp3) is 0.462. The maximum absolute atomic E-state index is 12.1. The number of carbonyl (C=O) groups excluding carboxylic acids is 1. The summed E-state index contributed by atoms with van der Waals surface area (Å²) in [6.07, 6.45) is 3.16. The second-order valence-electron chi connectivity index (χ2n) is 4.41. The Bertz CT molecular complexity index is 421. The van der Waals surface area contributed by atoms with Crippen molar-refractivity contribution < 1.29 is 9.90 Å². The van der Waals surface area contributed by atoms with E-state index in [-0.39, 0.29) is 18.7 Å². The van der Waals surface area contributed by atoms with Crippen LogP contribution in [0.4, 0.5) is 10.5 Å². The summed E-state index contributed by atoms with van der Waals surface area (Å²) in [6, 6.07) is 7.19. The normalized spacial score (nSPS) is 15.0. The van der Waals surface area contributed by atoms with Crippen molar-refractivity contribution in [3.63, 3.8) is 0 Å². The Morgan fingerprint density at radius 3 is 2.72 bits per heavy atom. The number of nitrogens with one attached hydrogen (secondary N) is 1. The van der Waals surface area contributed by atoms with Crippen molar-refractivity contribution in [3.05, 3.63) is 29.3 Å². The van der Waals surface area contributed by atoms with E-state index in [1.54, 1.807) is 17.0 Å². The van der Waals surface area contributed by atoms with Crippen LogP contribution in [0.2, 0.25) is 5.02 Å². The van der Waals surface area contributed by atoms with Gasteiger partial charge in [0.05, 0.1) is 17.3 Å². The minimum atomic E-state index is -0.193. The largest absolute Gasteiger partial charge is 0.395 e. The summed E-state index contributed by atoms with van der Waals surface area (Å²) < 4.78 is 0. The second-order valence-corrected chi connectivity index (χ2v) is 4.82. The van der Waals surface area contributed by atoms with E-state index in [1.807, 2.05) is 12.1 Å². The number of carbonyl (C=O) groups is 1. The molecule has 1 fully saturated rings. The van der Waals surface area contributed by atoms with Crippen molar-refractivity contribution in [2.24, 2.45) is 0 Å². The van der Waals surface area contributed by atoms with Crippen molar-refractivity contribution in [1.29, 1.82) is 0 Å². The zero-order valence-electron chi connectivity index (χ0n) is 10.1. The first kappa shape index (κ1) is 13.2. The first-order chi connectivity index (χ1) is 8.72. The van der Waals surface area contributed by atoms with Crippen molar-refractivity contribution in [3.8, 4) is 0 Å². The maximum Gasteiger partial charge on any atom is 0.322 e. The van der Waals surface area contributed by atoms with Crippen LogP contribution in [0.25, 0.3) is 0 Å². The molecule has 1 saturated carbocycles. The molecule has 0 heterocycles. The molecule has 0 radical (unpaired) electrons. The summed E-state index contributed by atoms with van der Waals surface area (Å²) in [5.74, 6) is 0. The third-order valence-electron chi connectivity index (χ3n) is 3.23. The fourth-order valence-electron chi connectivity index (χ4n) is 2.01. The summed E-state index contributed by atoms with van der Waals surface area (Å²) >= 11 is 5.99. The number of hydrogen-bond donors (Lipinski definition) is 2. The maximum atomic E-state index is 12.1. The molecule has 98 valence electrons. The predicted molar refractivity (Wildman–Crippen MR) is 71.9 cm³/mol. The molecule has 2 amide bonds. The van der Waals surface area contributed by atoms with Crippen molar-refractivity contribution in [1.82, 2.24) is 4.90 Å². The number of hydrogen-bond acceptors (Lipinski definition) is 2. The van der Waals surface area contributed by atoms with Gasteiger partial charge in [0.1, 0.15) is 0 Å². The molecule has 0 aromatic heterocycles. The van der Waals surface area contributed by atoms with Crippen LogP contribution in [0.3, 0.4) is 0 Å². The van der Waals surface area contributed by atoms with Gasteiger partial charge in [-0.05, 0) is 31.4 Å². The van der Waals surface area contributed by atoms with E-state index in [1.165, 1.54) is 0 Å². The van der Waals surface area contributed by atoms with E-state index >= 15 is 0 Å². The Morgan fingerprint density at radius 2 is 2.17 bits per heavy atom. The molecule has 0 bridgehead atoms. The van der Waals surface area contributed by atoms with E-state index in [9.17, 15) is 4.79 Å². The molecule has 1 aromatic carbocycles. The van der Waals surface area contributed by atoms with Gasteiger partial charge in [0.25, 0.3) is 0 Å². The minimum absolute atomic E-state index is 0.0214. The Kier molecular flexibility index (Phi) is 4.44. The highest BCUT2D eigenvalue weighted by molar-refractivity contribution is 6.33. The molecule has 1 aliphatic rings. The Labute approximate surface area is 112 Å². The second kappa shape index (κ2) is 6.07. The van der Waals surface area contributed by atoms with E-state index in [2.05, 4.69) is 5.32 Å². The molecule has 1 aliphatic carbocycles. The average Bonchev–Trinajstić information content (AvgIpc) is 2.29. The topological polar surface area (TPSA) is 52.6 Å². The Balaban J connectivity index is 2.02. The summed E-state index contributed by atoms with van der Waals surface area (Å²) in [6.45, 7) is 0.341. The van der Waals surface area contributed by atoms with E-state index in [4.69, 9.17) is 16.7 Å². The van der Waals surface area contributed by atoms with E-state index in [0.717, 1.165) is 19.3 Å². The molecule has 0 aliphatic heterocycles. The summed E-state index contributed by atoms with van der Waals surface area (Å²) in [5, 5.41) is 12.3. The molecular formula is C13H17ClN2O2. The monoisotopic (exact) mass is 268 g/mol. The van der Waals surface area contributed by atoms with Crippen molar-refractivity contribution >= 4 is 23.3 Å². The first-order valence-electron chi connectivity index (χ1n) is 6.15. The van der Waals surface area contributed by atoms with Gasteiger partial charge in [-0.15, -0.1) is 0 Å². The molecule has 0 unspecified atom stereocenters. The van der Waals surface area contributed by atoms with Crippen LogP contribution < -0.4 is 5.32 Å². The van der Waals surface area contributed by atoms with Crippen LogP contribution in [-0.2, 0) is 0 Å². The van der Waals surface area contributed by atoms with Crippen molar-refractivity contribution in [2.75, 3.05) is 18.5 Å². The number of benzene rings is 1. The van der Waals surface area contributed by atoms with E-state index in [0.29, 0.717) is 17.3 Å². The number of rotatable bonds is 4. The number of nitrogens with zero attached hydrogens (tertiary/aromatic N) is 1. The lowest BCUT2D eigenvalue weighted by Crippen LogP contribution is -2.47. The van der Waals surface area contributed by atoms with Crippen LogP contribution in [0.15, 0.2) is 24.3 Å². The van der Waals surface area contributed by atoms with Crippen LogP contribution >= 0.6 is 11.6 Å². The highest BCUT2D eigenvalue weighted by Gasteiger charge is 2.28. The van der Waals surface area contributed by atoms with Crippen LogP contribution in [0.5, 0.6) is 0 Å². The van der Waals surface area contributed by atoms with Gasteiger partial charge in [0.15, 0.2) is 0 Å². The summed E-state index contributed by atoms with van der Waals surface area (Å²) in [4.78, 5) is 13.8. The number of aliphatic hydroxyl groups is 1. The molecule has 5 heteroatoms. The Morgan fingerprint density at radius 1 is 1.44 bits per heavy atom. The summed E-state index contributed by atoms with van der Waals surface area (Å²) in [7, 11) is 0. The van der Waals surface area contributed by atoms with Crippen LogP contribution in [0.1, 0.15) is 19.3 Å². The van der Waals surface area contributed by atoms with Crippen LogP contribution in [0, 0.1) is 0 Å². The number of para-hydroxylation sites is 1. The zero-order valence-corrected chi connectivity index (χ0v) is 10.9. The molecule has 2 N–H and O–H groups in total. The lowest BCUT2D eigenvalue weighted by atomic mass is 9.92. The quantitative estimate of drug-likeness (QED) is 0.882. The lowest BCUT2D eigenvalue weighted by Gasteiger charge is -2.37. The third kappa shape index (κ3) is 2.94. The molecule has 0 spiro atoms. The van der Waals surface area contributed by atoms with Crippen molar-refractivity contribution in [2.45, 2.75) is 25.3 Å². The van der Waals surface area contributed by atoms with Gasteiger partial charge in [-0.2, -0.15) is 0 Å².